The number of nitrogens with zero attached hydrogens (tertiary/aromatic N) is 3. The fourth-order valence-corrected chi connectivity index (χ4v) is 8.04. The maximum absolute atomic E-state index is 13.3. The lowest BCUT2D eigenvalue weighted by atomic mass is 9.52. The predicted octanol–water partition coefficient (Wildman–Crippen LogP) is 3.69. The summed E-state index contributed by atoms with van der Waals surface area (Å²) >= 11 is 0. The van der Waals surface area contributed by atoms with Crippen molar-refractivity contribution in [1.82, 2.24) is 9.80 Å². The van der Waals surface area contributed by atoms with E-state index in [2.05, 4.69) is 16.7 Å². The minimum atomic E-state index is -0.313. The largest absolute Gasteiger partial charge is 0.494 e. The molecule has 4 bridgehead atoms. The summed E-state index contributed by atoms with van der Waals surface area (Å²) in [4.78, 5) is 32.6. The van der Waals surface area contributed by atoms with Gasteiger partial charge in [0.25, 0.3) is 5.91 Å². The van der Waals surface area contributed by atoms with Gasteiger partial charge in [-0.05, 0) is 87.0 Å². The summed E-state index contributed by atoms with van der Waals surface area (Å²) in [5, 5.41) is 0. The van der Waals surface area contributed by atoms with E-state index in [4.69, 9.17) is 4.74 Å². The number of carbonyl (C=O) groups is 2. The predicted molar refractivity (Wildman–Crippen MR) is 127 cm³/mol. The van der Waals surface area contributed by atoms with Gasteiger partial charge in [0.15, 0.2) is 0 Å². The van der Waals surface area contributed by atoms with Gasteiger partial charge in [-0.15, -0.1) is 0 Å². The van der Waals surface area contributed by atoms with Gasteiger partial charge in [-0.1, -0.05) is 6.92 Å². The zero-order chi connectivity index (χ0) is 22.6. The number of hydrogen-bond donors (Lipinski definition) is 0. The molecule has 6 fully saturated rings. The van der Waals surface area contributed by atoms with Crippen molar-refractivity contribution in [2.24, 2.45) is 17.8 Å². The van der Waals surface area contributed by atoms with Crippen LogP contribution in [0.25, 0.3) is 0 Å². The van der Waals surface area contributed by atoms with Crippen LogP contribution >= 0.6 is 0 Å². The standard InChI is InChI=1S/C27H37N3O3/c1-2-11-33-23-5-3-22(4-6-23)30-25(31)15-24(26(30)32)28-7-9-29(10-8-28)27-16-19-12-20(17-27)14-21(13-19)18-27/h3-6,19-21,24H,2,7-18H2,1H3/t19?,20?,21?,24-,27?/m1/s1. The molecule has 2 aliphatic heterocycles. The smallest absolute Gasteiger partial charge is 0.251 e. The summed E-state index contributed by atoms with van der Waals surface area (Å²) in [6, 6.07) is 7.04. The third kappa shape index (κ3) is 3.79. The molecular formula is C27H37N3O3. The van der Waals surface area contributed by atoms with Gasteiger partial charge in [0, 0.05) is 31.7 Å². The number of rotatable bonds is 6. The van der Waals surface area contributed by atoms with Crippen molar-refractivity contribution in [3.8, 4) is 5.75 Å². The fraction of sp³-hybridized carbons (Fsp3) is 0.704. The molecule has 4 saturated carbocycles. The van der Waals surface area contributed by atoms with Gasteiger partial charge in [0.1, 0.15) is 5.75 Å². The van der Waals surface area contributed by atoms with Crippen LogP contribution in [0.2, 0.25) is 0 Å². The van der Waals surface area contributed by atoms with Gasteiger partial charge in [-0.3, -0.25) is 19.4 Å². The van der Waals surface area contributed by atoms with Crippen molar-refractivity contribution >= 4 is 17.5 Å². The molecule has 178 valence electrons. The summed E-state index contributed by atoms with van der Waals surface area (Å²) in [6.45, 7) is 6.59. The first-order valence-electron chi connectivity index (χ1n) is 13.1. The molecule has 7 rings (SSSR count). The molecule has 0 spiro atoms. The molecule has 0 unspecified atom stereocenters. The van der Waals surface area contributed by atoms with E-state index in [9.17, 15) is 9.59 Å². The highest BCUT2D eigenvalue weighted by Crippen LogP contribution is 2.57. The Hall–Kier alpha value is -1.92. The van der Waals surface area contributed by atoms with Crippen molar-refractivity contribution in [2.75, 3.05) is 37.7 Å². The Morgan fingerprint density at radius 3 is 2.09 bits per heavy atom. The van der Waals surface area contributed by atoms with Gasteiger partial charge in [0.2, 0.25) is 5.91 Å². The highest BCUT2D eigenvalue weighted by molar-refractivity contribution is 6.22. The molecule has 0 N–H and O–H groups in total. The lowest BCUT2D eigenvalue weighted by molar-refractivity contribution is -0.125. The molecule has 33 heavy (non-hydrogen) atoms. The Morgan fingerprint density at radius 1 is 0.909 bits per heavy atom. The van der Waals surface area contributed by atoms with Crippen LogP contribution in [-0.2, 0) is 9.59 Å². The van der Waals surface area contributed by atoms with E-state index in [-0.39, 0.29) is 17.9 Å². The van der Waals surface area contributed by atoms with E-state index in [0.29, 0.717) is 24.3 Å². The molecule has 6 nitrogen and oxygen atoms in total. The van der Waals surface area contributed by atoms with E-state index >= 15 is 0 Å². The molecular weight excluding hydrogens is 414 g/mol. The van der Waals surface area contributed by atoms with Gasteiger partial charge < -0.3 is 4.74 Å². The van der Waals surface area contributed by atoms with Crippen LogP contribution in [0.3, 0.4) is 0 Å². The quantitative estimate of drug-likeness (QED) is 0.618. The number of amides is 2. The third-order valence-corrected chi connectivity index (χ3v) is 9.12. The molecule has 4 aliphatic carbocycles. The minimum Gasteiger partial charge on any atom is -0.494 e. The van der Waals surface area contributed by atoms with Crippen molar-refractivity contribution in [3.05, 3.63) is 24.3 Å². The molecule has 0 radical (unpaired) electrons. The second-order valence-corrected chi connectivity index (χ2v) is 11.3. The second kappa shape index (κ2) is 8.38. The lowest BCUT2D eigenvalue weighted by Crippen LogP contribution is -2.64. The first kappa shape index (κ1) is 21.6. The fourth-order valence-electron chi connectivity index (χ4n) is 8.04. The van der Waals surface area contributed by atoms with Gasteiger partial charge in [-0.2, -0.15) is 0 Å². The van der Waals surface area contributed by atoms with Gasteiger partial charge in [0.05, 0.1) is 24.8 Å². The highest BCUT2D eigenvalue weighted by Gasteiger charge is 2.54. The number of carbonyl (C=O) groups excluding carboxylic acids is 2. The van der Waals surface area contributed by atoms with E-state index in [0.717, 1.165) is 56.1 Å². The van der Waals surface area contributed by atoms with Crippen LogP contribution in [0.15, 0.2) is 24.3 Å². The van der Waals surface area contributed by atoms with Crippen LogP contribution in [-0.4, -0.2) is 66.0 Å². The maximum atomic E-state index is 13.3. The van der Waals surface area contributed by atoms with Gasteiger partial charge in [-0.25, -0.2) is 4.90 Å². The number of hydrogen-bond acceptors (Lipinski definition) is 5. The summed E-state index contributed by atoms with van der Waals surface area (Å²) in [5.41, 5.74) is 1.09. The zero-order valence-corrected chi connectivity index (χ0v) is 19.9. The monoisotopic (exact) mass is 451 g/mol. The van der Waals surface area contributed by atoms with Crippen LogP contribution in [0.4, 0.5) is 5.69 Å². The zero-order valence-electron chi connectivity index (χ0n) is 19.9. The minimum absolute atomic E-state index is 0.0644. The number of benzene rings is 1. The SMILES string of the molecule is CCCOc1ccc(N2C(=O)C[C@@H](N3CCN(C45CC6CC(CC(C6)C4)C5)CC3)C2=O)cc1. The van der Waals surface area contributed by atoms with Crippen molar-refractivity contribution in [1.29, 1.82) is 0 Å². The molecule has 6 aliphatic rings. The van der Waals surface area contributed by atoms with E-state index in [1.54, 1.807) is 0 Å². The number of ether oxygens (including phenoxy) is 1. The Bertz CT molecular complexity index is 870. The highest BCUT2D eigenvalue weighted by atomic mass is 16.5. The first-order chi connectivity index (χ1) is 16.0. The average molecular weight is 452 g/mol. The molecule has 2 saturated heterocycles. The van der Waals surface area contributed by atoms with Crippen LogP contribution in [0.5, 0.6) is 5.75 Å². The Balaban J connectivity index is 1.09. The van der Waals surface area contributed by atoms with E-state index in [1.807, 2.05) is 24.3 Å². The Labute approximate surface area is 197 Å². The van der Waals surface area contributed by atoms with E-state index in [1.165, 1.54) is 43.4 Å². The third-order valence-electron chi connectivity index (χ3n) is 9.12. The maximum Gasteiger partial charge on any atom is 0.251 e. The molecule has 0 aromatic heterocycles. The number of imide groups is 1. The molecule has 2 heterocycles. The average Bonchev–Trinajstić information content (AvgIpc) is 3.11. The molecule has 1 aromatic carbocycles. The topological polar surface area (TPSA) is 53.1 Å². The molecule has 1 atom stereocenters. The van der Waals surface area contributed by atoms with Gasteiger partial charge >= 0.3 is 0 Å². The van der Waals surface area contributed by atoms with E-state index < -0.39 is 0 Å². The first-order valence-corrected chi connectivity index (χ1v) is 13.1. The Morgan fingerprint density at radius 2 is 1.52 bits per heavy atom. The summed E-state index contributed by atoms with van der Waals surface area (Å²) in [5.74, 6) is 3.49. The molecule has 2 amide bonds. The second-order valence-electron chi connectivity index (χ2n) is 11.3. The van der Waals surface area contributed by atoms with Crippen LogP contribution in [0.1, 0.15) is 58.3 Å². The summed E-state index contributed by atoms with van der Waals surface area (Å²) in [7, 11) is 0. The van der Waals surface area contributed by atoms with Crippen LogP contribution < -0.4 is 9.64 Å². The van der Waals surface area contributed by atoms with Crippen molar-refractivity contribution in [3.63, 3.8) is 0 Å². The van der Waals surface area contributed by atoms with Crippen molar-refractivity contribution in [2.45, 2.75) is 69.9 Å². The lowest BCUT2D eigenvalue weighted by Gasteiger charge is -2.61. The normalized spacial score (nSPS) is 36.7. The summed E-state index contributed by atoms with van der Waals surface area (Å²) in [6.07, 6.45) is 9.84. The molecule has 1 aromatic rings. The Kier molecular flexibility index (Phi) is 5.49. The number of anilines is 1. The summed E-state index contributed by atoms with van der Waals surface area (Å²) < 4.78 is 5.64. The number of piperazine rings is 1. The molecule has 6 heteroatoms. The van der Waals surface area contributed by atoms with Crippen molar-refractivity contribution < 1.29 is 14.3 Å². The van der Waals surface area contributed by atoms with Crippen LogP contribution in [0, 0.1) is 17.8 Å².